The highest BCUT2D eigenvalue weighted by atomic mass is 35.5. The van der Waals surface area contributed by atoms with Crippen molar-refractivity contribution in [2.24, 2.45) is 0 Å². The molecule has 0 radical (unpaired) electrons. The highest BCUT2D eigenvalue weighted by Gasteiger charge is 2.09. The van der Waals surface area contributed by atoms with E-state index in [0.29, 0.717) is 10.8 Å². The number of hydrogen-bond donors (Lipinski definition) is 1. The largest absolute Gasteiger partial charge is 0.467 e. The second-order valence-corrected chi connectivity index (χ2v) is 3.91. The van der Waals surface area contributed by atoms with Crippen LogP contribution in [-0.2, 0) is 0 Å². The molecule has 18 heavy (non-hydrogen) atoms. The van der Waals surface area contributed by atoms with Gasteiger partial charge in [0.1, 0.15) is 5.75 Å². The topological polar surface area (TPSA) is 83.2 Å². The van der Waals surface area contributed by atoms with Gasteiger partial charge in [0.05, 0.1) is 12.1 Å². The fourth-order valence-electron chi connectivity index (χ4n) is 1.28. The van der Waals surface area contributed by atoms with Gasteiger partial charge in [-0.2, -0.15) is 9.97 Å². The second-order valence-electron chi connectivity index (χ2n) is 3.50. The zero-order valence-corrected chi connectivity index (χ0v) is 10.6. The number of nitrogens with zero attached hydrogens (tertiary/aromatic N) is 3. The fourth-order valence-corrected chi connectivity index (χ4v) is 1.55. The van der Waals surface area contributed by atoms with Crippen molar-refractivity contribution in [3.8, 4) is 17.8 Å². The molecule has 1 aromatic carbocycles. The van der Waals surface area contributed by atoms with Crippen LogP contribution in [0.3, 0.4) is 0 Å². The van der Waals surface area contributed by atoms with E-state index in [1.54, 1.807) is 12.1 Å². The molecule has 0 bridgehead atoms. The molecule has 0 aliphatic heterocycles. The lowest BCUT2D eigenvalue weighted by Crippen LogP contribution is -2.03. The molecule has 0 fully saturated rings. The predicted molar refractivity (Wildman–Crippen MR) is 67.1 cm³/mol. The van der Waals surface area contributed by atoms with E-state index < -0.39 is 0 Å². The molecule has 2 aromatic rings. The standard InChI is InChI=1S/C11H11ClN4O2/c1-6-3-4-8(7(12)5-6)18-11-15-9(13)14-10(16-11)17-2/h3-5H,1-2H3,(H2,13,14,15,16). The van der Waals surface area contributed by atoms with Crippen LogP contribution in [0.25, 0.3) is 0 Å². The smallest absolute Gasteiger partial charge is 0.330 e. The minimum atomic E-state index is 0.0140. The highest BCUT2D eigenvalue weighted by Crippen LogP contribution is 2.28. The number of aryl methyl sites for hydroxylation is 1. The SMILES string of the molecule is COc1nc(N)nc(Oc2ccc(C)cc2Cl)n1. The number of rotatable bonds is 3. The van der Waals surface area contributed by atoms with E-state index in [-0.39, 0.29) is 18.0 Å². The van der Waals surface area contributed by atoms with Gasteiger partial charge in [-0.1, -0.05) is 17.7 Å². The number of halogens is 1. The van der Waals surface area contributed by atoms with Gasteiger partial charge in [-0.3, -0.25) is 0 Å². The number of hydrogen-bond acceptors (Lipinski definition) is 6. The Kier molecular flexibility index (Phi) is 3.47. The molecule has 94 valence electrons. The van der Waals surface area contributed by atoms with Crippen LogP contribution in [0.15, 0.2) is 18.2 Å². The van der Waals surface area contributed by atoms with Gasteiger partial charge in [-0.15, -0.1) is 4.98 Å². The van der Waals surface area contributed by atoms with Gasteiger partial charge in [0, 0.05) is 0 Å². The Bertz CT molecular complexity index is 577. The minimum absolute atomic E-state index is 0.0140. The van der Waals surface area contributed by atoms with Gasteiger partial charge in [0.25, 0.3) is 0 Å². The Hall–Kier alpha value is -2.08. The molecule has 0 amide bonds. The van der Waals surface area contributed by atoms with Crippen molar-refractivity contribution in [3.05, 3.63) is 28.8 Å². The molecule has 0 aliphatic carbocycles. The predicted octanol–water partition coefficient (Wildman–Crippen LogP) is 2.22. The Morgan fingerprint density at radius 3 is 2.56 bits per heavy atom. The van der Waals surface area contributed by atoms with E-state index in [0.717, 1.165) is 5.56 Å². The maximum Gasteiger partial charge on any atom is 0.330 e. The van der Waals surface area contributed by atoms with Crippen molar-refractivity contribution in [2.45, 2.75) is 6.92 Å². The molecule has 2 rings (SSSR count). The normalized spacial score (nSPS) is 10.2. The lowest BCUT2D eigenvalue weighted by molar-refractivity contribution is 0.360. The third-order valence-electron chi connectivity index (χ3n) is 2.08. The van der Waals surface area contributed by atoms with Crippen LogP contribution in [-0.4, -0.2) is 22.1 Å². The number of benzene rings is 1. The second kappa shape index (κ2) is 5.05. The number of aromatic nitrogens is 3. The van der Waals surface area contributed by atoms with Crippen LogP contribution in [0.4, 0.5) is 5.95 Å². The van der Waals surface area contributed by atoms with Crippen LogP contribution in [0.1, 0.15) is 5.56 Å². The molecule has 1 heterocycles. The lowest BCUT2D eigenvalue weighted by Gasteiger charge is -2.07. The van der Waals surface area contributed by atoms with E-state index in [2.05, 4.69) is 15.0 Å². The molecule has 0 aliphatic rings. The third kappa shape index (κ3) is 2.78. The Morgan fingerprint density at radius 1 is 1.17 bits per heavy atom. The van der Waals surface area contributed by atoms with E-state index >= 15 is 0 Å². The molecule has 0 atom stereocenters. The summed E-state index contributed by atoms with van der Waals surface area (Å²) in [4.78, 5) is 11.5. The van der Waals surface area contributed by atoms with E-state index in [9.17, 15) is 0 Å². The fraction of sp³-hybridized carbons (Fsp3) is 0.182. The van der Waals surface area contributed by atoms with Gasteiger partial charge >= 0.3 is 12.0 Å². The Balaban J connectivity index is 2.30. The highest BCUT2D eigenvalue weighted by molar-refractivity contribution is 6.32. The molecule has 1 aromatic heterocycles. The average Bonchev–Trinajstić information content (AvgIpc) is 2.32. The summed E-state index contributed by atoms with van der Waals surface area (Å²) in [6.07, 6.45) is 0. The van der Waals surface area contributed by atoms with Gasteiger partial charge in [-0.25, -0.2) is 0 Å². The zero-order chi connectivity index (χ0) is 13.1. The minimum Gasteiger partial charge on any atom is -0.467 e. The molecule has 7 heteroatoms. The molecule has 0 spiro atoms. The van der Waals surface area contributed by atoms with Crippen molar-refractivity contribution in [3.63, 3.8) is 0 Å². The monoisotopic (exact) mass is 266 g/mol. The molecule has 6 nitrogen and oxygen atoms in total. The van der Waals surface area contributed by atoms with Crippen LogP contribution in [0.2, 0.25) is 5.02 Å². The van der Waals surface area contributed by atoms with Gasteiger partial charge in [0.15, 0.2) is 0 Å². The van der Waals surface area contributed by atoms with E-state index in [4.69, 9.17) is 26.8 Å². The molecular formula is C11H11ClN4O2. The summed E-state index contributed by atoms with van der Waals surface area (Å²) in [5, 5.41) is 0.466. The molecule has 0 saturated carbocycles. The summed E-state index contributed by atoms with van der Waals surface area (Å²) in [5.41, 5.74) is 6.52. The van der Waals surface area contributed by atoms with Gasteiger partial charge in [-0.05, 0) is 24.6 Å². The first kappa shape index (κ1) is 12.4. The summed E-state index contributed by atoms with van der Waals surface area (Å²) in [5.74, 6) is 0.454. The molecular weight excluding hydrogens is 256 g/mol. The Morgan fingerprint density at radius 2 is 1.89 bits per heavy atom. The summed E-state index contributed by atoms with van der Waals surface area (Å²) in [7, 11) is 1.43. The molecule has 2 N–H and O–H groups in total. The van der Waals surface area contributed by atoms with Crippen LogP contribution in [0.5, 0.6) is 17.8 Å². The maximum atomic E-state index is 6.03. The van der Waals surface area contributed by atoms with Gasteiger partial charge in [0.2, 0.25) is 5.95 Å². The Labute approximate surface area is 109 Å². The number of nitrogens with two attached hydrogens (primary N) is 1. The number of nitrogen functional groups attached to an aromatic ring is 1. The van der Waals surface area contributed by atoms with E-state index in [1.165, 1.54) is 7.11 Å². The number of methoxy groups -OCH3 is 1. The average molecular weight is 267 g/mol. The summed E-state index contributed by atoms with van der Waals surface area (Å²) in [6, 6.07) is 5.48. The van der Waals surface area contributed by atoms with Crippen molar-refractivity contribution in [2.75, 3.05) is 12.8 Å². The number of ether oxygens (including phenoxy) is 2. The van der Waals surface area contributed by atoms with E-state index in [1.807, 2.05) is 13.0 Å². The van der Waals surface area contributed by atoms with Crippen molar-refractivity contribution >= 4 is 17.5 Å². The first-order valence-corrected chi connectivity index (χ1v) is 5.46. The lowest BCUT2D eigenvalue weighted by atomic mass is 10.2. The third-order valence-corrected chi connectivity index (χ3v) is 2.38. The maximum absolute atomic E-state index is 6.03. The van der Waals surface area contributed by atoms with Crippen molar-refractivity contribution in [1.29, 1.82) is 0 Å². The quantitative estimate of drug-likeness (QED) is 0.917. The van der Waals surface area contributed by atoms with Crippen molar-refractivity contribution < 1.29 is 9.47 Å². The summed E-state index contributed by atoms with van der Waals surface area (Å²) < 4.78 is 10.3. The first-order valence-electron chi connectivity index (χ1n) is 5.08. The molecule has 0 unspecified atom stereocenters. The van der Waals surface area contributed by atoms with Crippen LogP contribution >= 0.6 is 11.6 Å². The molecule has 0 saturated heterocycles. The first-order chi connectivity index (χ1) is 8.58. The summed E-state index contributed by atoms with van der Waals surface area (Å²) >= 11 is 6.03. The van der Waals surface area contributed by atoms with Crippen LogP contribution in [0, 0.1) is 6.92 Å². The van der Waals surface area contributed by atoms with Gasteiger partial charge < -0.3 is 15.2 Å². The van der Waals surface area contributed by atoms with Crippen molar-refractivity contribution in [1.82, 2.24) is 15.0 Å². The van der Waals surface area contributed by atoms with Crippen LogP contribution < -0.4 is 15.2 Å². The summed E-state index contributed by atoms with van der Waals surface area (Å²) in [6.45, 7) is 1.93. The zero-order valence-electron chi connectivity index (χ0n) is 9.85. The number of anilines is 1.